The molecule has 4 aliphatic rings. The van der Waals surface area contributed by atoms with Gasteiger partial charge in [0.25, 0.3) is 5.91 Å². The van der Waals surface area contributed by atoms with Crippen molar-refractivity contribution in [2.24, 2.45) is 5.92 Å². The molecule has 1 amide bonds. The molecule has 2 N–H and O–H groups in total. The maximum absolute atomic E-state index is 16.0. The summed E-state index contributed by atoms with van der Waals surface area (Å²) >= 11 is 0. The summed E-state index contributed by atoms with van der Waals surface area (Å²) < 4.78 is 69.9. The van der Waals surface area contributed by atoms with E-state index >= 15 is 13.6 Å². The molecule has 0 radical (unpaired) electrons. The van der Waals surface area contributed by atoms with Crippen LogP contribution >= 0.6 is 0 Å². The number of nitrogens with zero attached hydrogens (tertiary/aromatic N) is 7. The molecule has 67 heavy (non-hydrogen) atoms. The Labute approximate surface area is 384 Å². The van der Waals surface area contributed by atoms with E-state index in [-0.39, 0.29) is 51.5 Å². The Morgan fingerprint density at radius 2 is 1.69 bits per heavy atom. The van der Waals surface area contributed by atoms with Crippen molar-refractivity contribution in [3.05, 3.63) is 139 Å². The Morgan fingerprint density at radius 3 is 2.34 bits per heavy atom. The van der Waals surface area contributed by atoms with Gasteiger partial charge in [-0.15, -0.1) is 0 Å². The van der Waals surface area contributed by atoms with Gasteiger partial charge in [0.1, 0.15) is 28.7 Å². The second-order valence-electron chi connectivity index (χ2n) is 19.6. The summed E-state index contributed by atoms with van der Waals surface area (Å²) in [6.07, 6.45) is 6.84. The predicted octanol–water partition coefficient (Wildman–Crippen LogP) is 8.12. The van der Waals surface area contributed by atoms with Gasteiger partial charge in [-0.25, -0.2) is 32.0 Å². The molecule has 2 unspecified atom stereocenters. The first-order valence-corrected chi connectivity index (χ1v) is 24.4. The van der Waals surface area contributed by atoms with Crippen LogP contribution in [0.3, 0.4) is 0 Å². The van der Waals surface area contributed by atoms with Gasteiger partial charge in [-0.2, -0.15) is 5.10 Å². The van der Waals surface area contributed by atoms with Gasteiger partial charge in [-0.3, -0.25) is 23.4 Å². The van der Waals surface area contributed by atoms with Gasteiger partial charge >= 0.3 is 11.4 Å². The Bertz CT molecular complexity index is 3420. The fourth-order valence-electron chi connectivity index (χ4n) is 10.9. The number of ether oxygens (including phenoxy) is 1. The largest absolute Gasteiger partial charge is 0.438 e. The zero-order chi connectivity index (χ0) is 47.1. The Morgan fingerprint density at radius 1 is 0.955 bits per heavy atom. The summed E-state index contributed by atoms with van der Waals surface area (Å²) in [4.78, 5) is 47.3. The quantitative estimate of drug-likeness (QED) is 0.146. The SMILES string of the molecule is Cc1cc(-n2nc3c(c2-n2ccn(-c4ccc(S(=N)(=O)C5CC5)cc4F)c2=O)[C@H](C)N(C(=O)c2cc4cc(C5CCOC(C)(C)C5)ccc4n2[C@@]2(c4noc(=O)[nH]4)C[C@@H]2C)CC3)cc(C)c1F. The van der Waals surface area contributed by atoms with E-state index in [0.717, 1.165) is 39.9 Å². The van der Waals surface area contributed by atoms with Crippen LogP contribution in [0.15, 0.2) is 86.0 Å². The highest BCUT2D eigenvalue weighted by molar-refractivity contribution is 7.93. The average Bonchev–Trinajstić information content (AvgIpc) is 4.03. The summed E-state index contributed by atoms with van der Waals surface area (Å²) in [7, 11) is -3.20. The number of fused-ring (bicyclic) bond motifs is 2. The fraction of sp³-hybridized carbons (Fsp3) is 0.408. The van der Waals surface area contributed by atoms with Gasteiger partial charge in [-0.1, -0.05) is 18.1 Å². The Hall–Kier alpha value is -6.40. The number of imidazole rings is 1. The third-order valence-electron chi connectivity index (χ3n) is 14.6. The number of aryl methyl sites for hydroxylation is 2. The highest BCUT2D eigenvalue weighted by Gasteiger charge is 2.59. The van der Waals surface area contributed by atoms with E-state index in [1.54, 1.807) is 35.6 Å². The number of carbonyl (C=O) groups excluding carboxylic acids is 1. The second kappa shape index (κ2) is 15.1. The first-order valence-electron chi connectivity index (χ1n) is 22.8. The molecule has 348 valence electrons. The molecule has 0 spiro atoms. The van der Waals surface area contributed by atoms with Gasteiger partial charge in [0.05, 0.1) is 43.3 Å². The van der Waals surface area contributed by atoms with Crippen LogP contribution in [-0.4, -0.2) is 72.6 Å². The number of H-pyrrole nitrogens is 1. The van der Waals surface area contributed by atoms with Crippen LogP contribution in [0.4, 0.5) is 8.78 Å². The number of hydrogen-bond acceptors (Lipinski definition) is 9. The number of benzene rings is 3. The third-order valence-corrected chi connectivity index (χ3v) is 17.0. The molecule has 3 fully saturated rings. The van der Waals surface area contributed by atoms with E-state index in [1.807, 2.05) is 30.5 Å². The number of amides is 1. The van der Waals surface area contributed by atoms with Gasteiger partial charge < -0.3 is 14.2 Å². The maximum Gasteiger partial charge on any atom is 0.438 e. The molecule has 6 heterocycles. The zero-order valence-electron chi connectivity index (χ0n) is 38.1. The van der Waals surface area contributed by atoms with Crippen molar-refractivity contribution in [1.29, 1.82) is 4.78 Å². The smallest absolute Gasteiger partial charge is 0.376 e. The molecular weight excluding hydrogens is 881 g/mol. The summed E-state index contributed by atoms with van der Waals surface area (Å²) in [5.74, 6) is -1.29. The minimum atomic E-state index is -3.20. The number of halogens is 2. The molecule has 18 heteroatoms. The van der Waals surface area contributed by atoms with Crippen molar-refractivity contribution in [3.63, 3.8) is 0 Å². The third kappa shape index (κ3) is 6.79. The van der Waals surface area contributed by atoms with Crippen molar-refractivity contribution in [2.75, 3.05) is 13.2 Å². The molecule has 2 aliphatic carbocycles. The lowest BCUT2D eigenvalue weighted by molar-refractivity contribution is -0.0592. The van der Waals surface area contributed by atoms with Crippen molar-refractivity contribution in [1.82, 2.24) is 38.5 Å². The van der Waals surface area contributed by atoms with Crippen molar-refractivity contribution < 1.29 is 27.0 Å². The molecule has 1 saturated heterocycles. The van der Waals surface area contributed by atoms with Gasteiger partial charge in [0, 0.05) is 53.7 Å². The summed E-state index contributed by atoms with van der Waals surface area (Å²) in [6, 6.07) is 14.7. The lowest BCUT2D eigenvalue weighted by Gasteiger charge is -2.35. The lowest BCUT2D eigenvalue weighted by Crippen LogP contribution is -2.41. The van der Waals surface area contributed by atoms with Crippen LogP contribution in [0.2, 0.25) is 0 Å². The van der Waals surface area contributed by atoms with Crippen LogP contribution in [0.1, 0.15) is 116 Å². The highest BCUT2D eigenvalue weighted by atomic mass is 32.2. The predicted molar refractivity (Wildman–Crippen MR) is 245 cm³/mol. The topological polar surface area (TPSA) is 179 Å². The number of carbonyl (C=O) groups is 1. The summed E-state index contributed by atoms with van der Waals surface area (Å²) in [5, 5.41) is 9.75. The van der Waals surface area contributed by atoms with Crippen molar-refractivity contribution >= 4 is 26.5 Å². The van der Waals surface area contributed by atoms with E-state index in [1.165, 1.54) is 29.1 Å². The molecule has 11 rings (SSSR count). The second-order valence-corrected chi connectivity index (χ2v) is 21.9. The Kier molecular flexibility index (Phi) is 9.70. The number of hydrogen-bond donors (Lipinski definition) is 2. The molecule has 2 saturated carbocycles. The number of rotatable bonds is 9. The van der Waals surface area contributed by atoms with Crippen LogP contribution in [0.5, 0.6) is 0 Å². The Balaban J connectivity index is 1.04. The van der Waals surface area contributed by atoms with E-state index < -0.39 is 38.6 Å². The molecule has 4 aromatic heterocycles. The molecule has 0 bridgehead atoms. The first kappa shape index (κ1) is 43.2. The summed E-state index contributed by atoms with van der Waals surface area (Å²) in [5.41, 5.74) is 2.89. The minimum Gasteiger partial charge on any atom is -0.376 e. The molecular formula is C49H51F2N9O6S. The lowest BCUT2D eigenvalue weighted by atomic mass is 9.83. The molecule has 5 atom stereocenters. The van der Waals surface area contributed by atoms with E-state index in [0.29, 0.717) is 77.7 Å². The maximum atomic E-state index is 16.0. The normalized spacial score (nSPS) is 23.3. The molecule has 7 aromatic rings. The van der Waals surface area contributed by atoms with Crippen LogP contribution in [0, 0.1) is 36.2 Å². The van der Waals surface area contributed by atoms with E-state index in [4.69, 9.17) is 19.1 Å². The van der Waals surface area contributed by atoms with E-state index in [2.05, 4.69) is 36.1 Å². The van der Waals surface area contributed by atoms with Crippen LogP contribution in [0.25, 0.3) is 28.1 Å². The molecule has 3 aromatic carbocycles. The van der Waals surface area contributed by atoms with Crippen LogP contribution < -0.4 is 11.4 Å². The van der Waals surface area contributed by atoms with E-state index in [9.17, 15) is 13.8 Å². The van der Waals surface area contributed by atoms with Gasteiger partial charge in [-0.05, 0) is 144 Å². The number of nitrogens with one attached hydrogen (secondary N) is 2. The minimum absolute atomic E-state index is 0.0181. The summed E-state index contributed by atoms with van der Waals surface area (Å²) in [6.45, 7) is 12.4. The van der Waals surface area contributed by atoms with Gasteiger partial charge in [0.2, 0.25) is 0 Å². The van der Waals surface area contributed by atoms with Crippen LogP contribution in [-0.2, 0) is 26.4 Å². The first-order chi connectivity index (χ1) is 31.9. The molecule has 2 aliphatic heterocycles. The average molecular weight is 932 g/mol. The molecule has 15 nitrogen and oxygen atoms in total. The highest BCUT2D eigenvalue weighted by Crippen LogP contribution is 2.56. The number of aromatic amines is 1. The fourth-order valence-corrected chi connectivity index (χ4v) is 12.6. The van der Waals surface area contributed by atoms with Crippen molar-refractivity contribution in [2.45, 2.75) is 113 Å². The van der Waals surface area contributed by atoms with Gasteiger partial charge in [0.15, 0.2) is 5.82 Å². The zero-order valence-corrected chi connectivity index (χ0v) is 38.9. The standard InChI is InChI=1S/C49H51F2N9O6S/c1-26-19-33(20-27(2)42(26)51)60-43(58-17-16-57(47(58)63)39-12-10-35(23-36(39)50)67(52,64)34-8-9-34)41-29(4)56(15-13-37(41)54-60)44(61)40-22-32-21-30(31-14-18-65-48(5,6)25-31)7-11-38(32)59(40)49(24-28(49)3)45-53-46(62)66-55-45/h7,10-12,16-17,19-23,28-29,31,34,52H,8-9,13-15,18,24-25H2,1-6H3,(H,53,55,62)/t28-,29-,31?,49-,67?/m0/s1. The van der Waals surface area contributed by atoms with Crippen molar-refractivity contribution in [3.8, 4) is 17.2 Å². The monoisotopic (exact) mass is 931 g/mol. The number of aromatic nitrogens is 7.